The standard InChI is InChI=1S/C14H17F2N3O4/c1-8-4-9(12(20)21)7-19(6-8)14(22)18-11-3-2-10(5-17-11)23-13(15)16/h2-3,5,8-9,13H,4,6-7H2,1H3,(H,20,21)(H,17,18,22). The highest BCUT2D eigenvalue weighted by Crippen LogP contribution is 2.22. The lowest BCUT2D eigenvalue weighted by molar-refractivity contribution is -0.143. The van der Waals surface area contributed by atoms with Crippen molar-refractivity contribution in [1.82, 2.24) is 9.88 Å². The third-order valence-corrected chi connectivity index (χ3v) is 3.49. The van der Waals surface area contributed by atoms with Crippen LogP contribution >= 0.6 is 0 Å². The lowest BCUT2D eigenvalue weighted by atomic mass is 9.91. The molecule has 2 unspecified atom stereocenters. The lowest BCUT2D eigenvalue weighted by Crippen LogP contribution is -2.47. The molecular formula is C14H17F2N3O4. The topological polar surface area (TPSA) is 91.8 Å². The number of piperidine rings is 1. The molecule has 7 nitrogen and oxygen atoms in total. The molecule has 23 heavy (non-hydrogen) atoms. The first-order chi connectivity index (χ1) is 10.8. The minimum atomic E-state index is -2.94. The third-order valence-electron chi connectivity index (χ3n) is 3.49. The number of carboxylic acids is 1. The molecule has 0 saturated carbocycles. The van der Waals surface area contributed by atoms with Crippen LogP contribution in [0.2, 0.25) is 0 Å². The van der Waals surface area contributed by atoms with Gasteiger partial charge in [0.1, 0.15) is 11.6 Å². The van der Waals surface area contributed by atoms with E-state index in [0.717, 1.165) is 6.20 Å². The summed E-state index contributed by atoms with van der Waals surface area (Å²) in [7, 11) is 0. The molecule has 9 heteroatoms. The number of urea groups is 1. The van der Waals surface area contributed by atoms with Crippen molar-refractivity contribution in [2.45, 2.75) is 20.0 Å². The summed E-state index contributed by atoms with van der Waals surface area (Å²) in [5, 5.41) is 11.6. The zero-order valence-electron chi connectivity index (χ0n) is 12.4. The zero-order chi connectivity index (χ0) is 17.0. The highest BCUT2D eigenvalue weighted by atomic mass is 19.3. The summed E-state index contributed by atoms with van der Waals surface area (Å²) in [4.78, 5) is 28.5. The van der Waals surface area contributed by atoms with Crippen molar-refractivity contribution in [1.29, 1.82) is 0 Å². The number of hydrogen-bond acceptors (Lipinski definition) is 4. The molecule has 1 saturated heterocycles. The molecular weight excluding hydrogens is 312 g/mol. The van der Waals surface area contributed by atoms with E-state index in [9.17, 15) is 18.4 Å². The molecule has 1 aliphatic heterocycles. The number of carbonyl (C=O) groups is 2. The fourth-order valence-electron chi connectivity index (χ4n) is 2.51. The van der Waals surface area contributed by atoms with Gasteiger partial charge in [0.25, 0.3) is 0 Å². The number of nitrogens with zero attached hydrogens (tertiary/aromatic N) is 2. The molecule has 2 rings (SSSR count). The number of carbonyl (C=O) groups excluding carboxylic acids is 1. The van der Waals surface area contributed by atoms with Crippen LogP contribution in [0.3, 0.4) is 0 Å². The van der Waals surface area contributed by atoms with Crippen LogP contribution in [0.25, 0.3) is 0 Å². The molecule has 1 fully saturated rings. The number of carboxylic acid groups (broad SMARTS) is 1. The molecule has 0 spiro atoms. The van der Waals surface area contributed by atoms with Crippen LogP contribution in [0.15, 0.2) is 18.3 Å². The minimum absolute atomic E-state index is 0.0744. The molecule has 2 amide bonds. The Morgan fingerprint density at radius 2 is 2.17 bits per heavy atom. The summed E-state index contributed by atoms with van der Waals surface area (Å²) in [6.45, 7) is -0.496. The Balaban J connectivity index is 1.96. The predicted octanol–water partition coefficient (Wildman–Crippen LogP) is 2.26. The third kappa shape index (κ3) is 4.76. The number of rotatable bonds is 4. The van der Waals surface area contributed by atoms with Gasteiger partial charge in [0.2, 0.25) is 0 Å². The normalized spacial score (nSPS) is 21.1. The highest BCUT2D eigenvalue weighted by molar-refractivity contribution is 5.88. The second kappa shape index (κ2) is 7.21. The van der Waals surface area contributed by atoms with Gasteiger partial charge in [-0.25, -0.2) is 9.78 Å². The van der Waals surface area contributed by atoms with Gasteiger partial charge in [-0.05, 0) is 24.5 Å². The zero-order valence-corrected chi connectivity index (χ0v) is 12.4. The Hall–Kier alpha value is -2.45. The number of anilines is 1. The average Bonchev–Trinajstić information content (AvgIpc) is 2.48. The first kappa shape index (κ1) is 16.9. The number of hydrogen-bond donors (Lipinski definition) is 2. The second-order valence-corrected chi connectivity index (χ2v) is 5.47. The van der Waals surface area contributed by atoms with Crippen LogP contribution in [-0.2, 0) is 4.79 Å². The van der Waals surface area contributed by atoms with E-state index in [1.54, 1.807) is 0 Å². The summed E-state index contributed by atoms with van der Waals surface area (Å²) in [5.74, 6) is -1.40. The SMILES string of the molecule is CC1CC(C(=O)O)CN(C(=O)Nc2ccc(OC(F)F)cn2)C1. The van der Waals surface area contributed by atoms with Gasteiger partial charge in [-0.3, -0.25) is 10.1 Å². The van der Waals surface area contributed by atoms with E-state index in [1.807, 2.05) is 6.92 Å². The van der Waals surface area contributed by atoms with Crippen LogP contribution in [0, 0.1) is 11.8 Å². The smallest absolute Gasteiger partial charge is 0.387 e. The number of halogens is 2. The maximum Gasteiger partial charge on any atom is 0.387 e. The molecule has 0 radical (unpaired) electrons. The van der Waals surface area contributed by atoms with Gasteiger partial charge in [-0.1, -0.05) is 6.92 Å². The number of ether oxygens (including phenoxy) is 1. The summed E-state index contributed by atoms with van der Waals surface area (Å²) in [6.07, 6.45) is 1.59. The van der Waals surface area contributed by atoms with Gasteiger partial charge in [0, 0.05) is 13.1 Å². The Kier molecular flexibility index (Phi) is 5.30. The van der Waals surface area contributed by atoms with Crippen molar-refractivity contribution in [2.75, 3.05) is 18.4 Å². The number of aromatic nitrogens is 1. The molecule has 1 aliphatic rings. The van der Waals surface area contributed by atoms with Crippen molar-refractivity contribution in [2.24, 2.45) is 11.8 Å². The molecule has 0 bridgehead atoms. The predicted molar refractivity (Wildman–Crippen MR) is 76.4 cm³/mol. The minimum Gasteiger partial charge on any atom is -0.481 e. The summed E-state index contributed by atoms with van der Waals surface area (Å²) in [5.41, 5.74) is 0. The lowest BCUT2D eigenvalue weighted by Gasteiger charge is -2.34. The van der Waals surface area contributed by atoms with E-state index in [-0.39, 0.29) is 24.0 Å². The van der Waals surface area contributed by atoms with E-state index in [4.69, 9.17) is 5.11 Å². The van der Waals surface area contributed by atoms with Crippen LogP contribution < -0.4 is 10.1 Å². The fraction of sp³-hybridized carbons (Fsp3) is 0.500. The van der Waals surface area contributed by atoms with E-state index in [2.05, 4.69) is 15.0 Å². The average molecular weight is 329 g/mol. The molecule has 126 valence electrons. The molecule has 2 heterocycles. The maximum atomic E-state index is 12.2. The van der Waals surface area contributed by atoms with Crippen molar-refractivity contribution < 1.29 is 28.2 Å². The first-order valence-electron chi connectivity index (χ1n) is 7.04. The van der Waals surface area contributed by atoms with Gasteiger partial charge in [0.05, 0.1) is 12.1 Å². The Morgan fingerprint density at radius 1 is 1.43 bits per heavy atom. The molecule has 1 aromatic rings. The van der Waals surface area contributed by atoms with Crippen LogP contribution in [0.4, 0.5) is 19.4 Å². The van der Waals surface area contributed by atoms with E-state index in [1.165, 1.54) is 17.0 Å². The number of likely N-dealkylation sites (tertiary alicyclic amines) is 1. The largest absolute Gasteiger partial charge is 0.481 e. The number of aliphatic carboxylic acids is 1. The Bertz CT molecular complexity index is 568. The maximum absolute atomic E-state index is 12.2. The highest BCUT2D eigenvalue weighted by Gasteiger charge is 2.32. The first-order valence-corrected chi connectivity index (χ1v) is 7.04. The Labute approximate surface area is 131 Å². The number of alkyl halides is 2. The van der Waals surface area contributed by atoms with Crippen LogP contribution in [0.5, 0.6) is 5.75 Å². The number of amides is 2. The van der Waals surface area contributed by atoms with Crippen molar-refractivity contribution in [3.8, 4) is 5.75 Å². The van der Waals surface area contributed by atoms with Gasteiger partial charge < -0.3 is 14.7 Å². The number of pyridine rings is 1. The summed E-state index contributed by atoms with van der Waals surface area (Å²) < 4.78 is 28.2. The molecule has 2 N–H and O–H groups in total. The second-order valence-electron chi connectivity index (χ2n) is 5.47. The van der Waals surface area contributed by atoms with Crippen molar-refractivity contribution >= 4 is 17.8 Å². The van der Waals surface area contributed by atoms with Crippen LogP contribution in [-0.4, -0.2) is 46.7 Å². The summed E-state index contributed by atoms with van der Waals surface area (Å²) >= 11 is 0. The van der Waals surface area contributed by atoms with Gasteiger partial charge in [-0.2, -0.15) is 8.78 Å². The van der Waals surface area contributed by atoms with E-state index in [0.29, 0.717) is 13.0 Å². The quantitative estimate of drug-likeness (QED) is 0.884. The van der Waals surface area contributed by atoms with Crippen LogP contribution in [0.1, 0.15) is 13.3 Å². The molecule has 0 aliphatic carbocycles. The molecule has 0 aromatic carbocycles. The van der Waals surface area contributed by atoms with Gasteiger partial charge in [0.15, 0.2) is 0 Å². The van der Waals surface area contributed by atoms with Gasteiger partial charge in [-0.15, -0.1) is 0 Å². The Morgan fingerprint density at radius 3 is 2.74 bits per heavy atom. The summed E-state index contributed by atoms with van der Waals surface area (Å²) in [6, 6.07) is 2.11. The van der Waals surface area contributed by atoms with Crippen molar-refractivity contribution in [3.63, 3.8) is 0 Å². The monoisotopic (exact) mass is 329 g/mol. The van der Waals surface area contributed by atoms with Crippen molar-refractivity contribution in [3.05, 3.63) is 18.3 Å². The fourth-order valence-corrected chi connectivity index (χ4v) is 2.51. The van der Waals surface area contributed by atoms with Gasteiger partial charge >= 0.3 is 18.6 Å². The van der Waals surface area contributed by atoms with E-state index >= 15 is 0 Å². The molecule has 2 atom stereocenters. The van der Waals surface area contributed by atoms with E-state index < -0.39 is 24.5 Å². The number of nitrogens with one attached hydrogen (secondary N) is 1. The molecule has 1 aromatic heterocycles.